The van der Waals surface area contributed by atoms with Gasteiger partial charge >= 0.3 is 0 Å². The van der Waals surface area contributed by atoms with Crippen LogP contribution in [0.3, 0.4) is 0 Å². The number of carbonyl (C=O) groups is 1. The molecule has 1 N–H and O–H groups in total. The summed E-state index contributed by atoms with van der Waals surface area (Å²) in [6.45, 7) is 2.97. The number of hydrogen-bond donors (Lipinski definition) is 1. The largest absolute Gasteiger partial charge is 0.477 e. The predicted octanol–water partition coefficient (Wildman–Crippen LogP) is 2.38. The van der Waals surface area contributed by atoms with Gasteiger partial charge in [0, 0.05) is 37.8 Å². The first-order chi connectivity index (χ1) is 11.8. The maximum atomic E-state index is 12.9. The second kappa shape index (κ2) is 6.55. The molecule has 1 fully saturated rings. The van der Waals surface area contributed by atoms with Crippen molar-refractivity contribution < 1.29 is 9.53 Å². The van der Waals surface area contributed by atoms with Crippen LogP contribution in [0.4, 0.5) is 5.69 Å². The van der Waals surface area contributed by atoms with Crippen molar-refractivity contribution in [3.05, 3.63) is 42.1 Å². The molecule has 0 bridgehead atoms. The van der Waals surface area contributed by atoms with Gasteiger partial charge in [0.05, 0.1) is 12.8 Å². The van der Waals surface area contributed by atoms with Crippen LogP contribution in [0, 0.1) is 0 Å². The summed E-state index contributed by atoms with van der Waals surface area (Å²) in [5, 5.41) is 7.82. The second-order valence-electron chi connectivity index (χ2n) is 6.39. The number of para-hydroxylation sites is 1. The second-order valence-corrected chi connectivity index (χ2v) is 6.39. The lowest BCUT2D eigenvalue weighted by atomic mass is 10.0. The lowest BCUT2D eigenvalue weighted by Gasteiger charge is -2.33. The van der Waals surface area contributed by atoms with Gasteiger partial charge in [-0.1, -0.05) is 18.2 Å². The lowest BCUT2D eigenvalue weighted by molar-refractivity contribution is 0.0708. The van der Waals surface area contributed by atoms with E-state index in [4.69, 9.17) is 4.74 Å². The highest BCUT2D eigenvalue weighted by Crippen LogP contribution is 2.25. The van der Waals surface area contributed by atoms with E-state index in [1.165, 1.54) is 0 Å². The van der Waals surface area contributed by atoms with Crippen molar-refractivity contribution in [2.75, 3.05) is 25.0 Å². The highest BCUT2D eigenvalue weighted by Gasteiger charge is 2.29. The third-order valence-electron chi connectivity index (χ3n) is 4.63. The molecular formula is C18H22N4O2. The van der Waals surface area contributed by atoms with E-state index >= 15 is 0 Å². The summed E-state index contributed by atoms with van der Waals surface area (Å²) in [5.41, 5.74) is 1.69. The Kier molecular flexibility index (Phi) is 4.11. The van der Waals surface area contributed by atoms with E-state index in [9.17, 15) is 4.79 Å². The van der Waals surface area contributed by atoms with Crippen LogP contribution >= 0.6 is 0 Å². The molecule has 1 unspecified atom stereocenters. The summed E-state index contributed by atoms with van der Waals surface area (Å²) < 4.78 is 7.46. The van der Waals surface area contributed by atoms with Gasteiger partial charge in [-0.25, -0.2) is 4.68 Å². The number of aromatic nitrogens is 2. The number of nitrogens with one attached hydrogen (secondary N) is 1. The quantitative estimate of drug-likeness (QED) is 0.941. The van der Waals surface area contributed by atoms with E-state index in [1.54, 1.807) is 10.9 Å². The normalized spacial score (nSPS) is 20.2. The molecule has 6 heteroatoms. The highest BCUT2D eigenvalue weighted by atomic mass is 16.5. The van der Waals surface area contributed by atoms with E-state index < -0.39 is 0 Å². The summed E-state index contributed by atoms with van der Waals surface area (Å²) in [6, 6.07) is 10.4. The molecule has 2 aliphatic rings. The smallest absolute Gasteiger partial charge is 0.261 e. The number of fused-ring (bicyclic) bond motifs is 1. The maximum absolute atomic E-state index is 12.9. The zero-order chi connectivity index (χ0) is 16.4. The minimum atomic E-state index is 0.0257. The summed E-state index contributed by atoms with van der Waals surface area (Å²) in [7, 11) is 0. The number of anilines is 1. The average Bonchev–Trinajstić information content (AvgIpc) is 3.06. The fraction of sp³-hybridized carbons (Fsp3) is 0.444. The van der Waals surface area contributed by atoms with Crippen LogP contribution in [-0.4, -0.2) is 46.3 Å². The minimum absolute atomic E-state index is 0.0257. The number of nitrogens with zero attached hydrogens (tertiary/aromatic N) is 3. The molecule has 0 saturated carbocycles. The van der Waals surface area contributed by atoms with Crippen LogP contribution in [-0.2, 0) is 6.54 Å². The Morgan fingerprint density at radius 3 is 2.96 bits per heavy atom. The first-order valence-electron chi connectivity index (χ1n) is 8.61. The molecule has 24 heavy (non-hydrogen) atoms. The van der Waals surface area contributed by atoms with Crippen molar-refractivity contribution in [1.29, 1.82) is 0 Å². The molecule has 0 spiro atoms. The SMILES string of the molecule is O=C(c1cnn2c1OCCC2)N1CCCC(Nc2ccccc2)C1. The van der Waals surface area contributed by atoms with Crippen molar-refractivity contribution in [2.24, 2.45) is 0 Å². The maximum Gasteiger partial charge on any atom is 0.261 e. The van der Waals surface area contributed by atoms with Crippen LogP contribution in [0.2, 0.25) is 0 Å². The number of hydrogen-bond acceptors (Lipinski definition) is 4. The topological polar surface area (TPSA) is 59.4 Å². The van der Waals surface area contributed by atoms with Gasteiger partial charge in [-0.2, -0.15) is 5.10 Å². The van der Waals surface area contributed by atoms with Crippen molar-refractivity contribution in [3.63, 3.8) is 0 Å². The van der Waals surface area contributed by atoms with Crippen molar-refractivity contribution in [2.45, 2.75) is 31.8 Å². The molecule has 1 aromatic heterocycles. The monoisotopic (exact) mass is 326 g/mol. The van der Waals surface area contributed by atoms with Gasteiger partial charge in [0.1, 0.15) is 5.56 Å². The van der Waals surface area contributed by atoms with Crippen molar-refractivity contribution >= 4 is 11.6 Å². The van der Waals surface area contributed by atoms with E-state index in [0.717, 1.165) is 38.0 Å². The lowest BCUT2D eigenvalue weighted by Crippen LogP contribution is -2.45. The van der Waals surface area contributed by atoms with E-state index in [2.05, 4.69) is 22.5 Å². The fourth-order valence-corrected chi connectivity index (χ4v) is 3.44. The third-order valence-corrected chi connectivity index (χ3v) is 4.63. The first kappa shape index (κ1) is 15.1. The summed E-state index contributed by atoms with van der Waals surface area (Å²) >= 11 is 0. The Balaban J connectivity index is 1.46. The number of rotatable bonds is 3. The fourth-order valence-electron chi connectivity index (χ4n) is 3.44. The Morgan fingerprint density at radius 1 is 1.21 bits per heavy atom. The number of carbonyl (C=O) groups excluding carboxylic acids is 1. The van der Waals surface area contributed by atoms with Gasteiger partial charge in [0.25, 0.3) is 5.91 Å². The van der Waals surface area contributed by atoms with Crippen LogP contribution in [0.15, 0.2) is 36.5 Å². The summed E-state index contributed by atoms with van der Waals surface area (Å²) in [6.07, 6.45) is 4.66. The summed E-state index contributed by atoms with van der Waals surface area (Å²) in [5.74, 6) is 0.655. The molecule has 2 aliphatic heterocycles. The van der Waals surface area contributed by atoms with Crippen LogP contribution in [0.1, 0.15) is 29.6 Å². The predicted molar refractivity (Wildman–Crippen MR) is 91.3 cm³/mol. The van der Waals surface area contributed by atoms with E-state index in [-0.39, 0.29) is 11.9 Å². The third kappa shape index (κ3) is 2.96. The van der Waals surface area contributed by atoms with Gasteiger partial charge < -0.3 is 15.0 Å². The average molecular weight is 326 g/mol. The number of likely N-dealkylation sites (tertiary alicyclic amines) is 1. The molecule has 4 rings (SSSR count). The Morgan fingerprint density at radius 2 is 2.08 bits per heavy atom. The van der Waals surface area contributed by atoms with E-state index in [1.807, 2.05) is 23.1 Å². The van der Waals surface area contributed by atoms with Crippen LogP contribution in [0.25, 0.3) is 0 Å². The van der Waals surface area contributed by atoms with Gasteiger partial charge in [-0.3, -0.25) is 4.79 Å². The van der Waals surface area contributed by atoms with Crippen LogP contribution < -0.4 is 10.1 Å². The minimum Gasteiger partial charge on any atom is -0.477 e. The van der Waals surface area contributed by atoms with Gasteiger partial charge in [-0.15, -0.1) is 0 Å². The zero-order valence-electron chi connectivity index (χ0n) is 13.6. The molecule has 1 atom stereocenters. The molecule has 1 aromatic carbocycles. The Bertz CT molecular complexity index is 713. The van der Waals surface area contributed by atoms with E-state index in [0.29, 0.717) is 24.6 Å². The molecule has 0 aliphatic carbocycles. The molecule has 6 nitrogen and oxygen atoms in total. The van der Waals surface area contributed by atoms with Gasteiger partial charge in [0.2, 0.25) is 5.88 Å². The molecule has 1 amide bonds. The molecule has 126 valence electrons. The standard InChI is InChI=1S/C18H22N4O2/c23-17(16-12-19-22-10-5-11-24-18(16)22)21-9-4-8-15(13-21)20-14-6-2-1-3-7-14/h1-3,6-7,12,15,20H,4-5,8-11,13H2. The Hall–Kier alpha value is -2.50. The molecule has 2 aromatic rings. The number of piperidine rings is 1. The zero-order valence-corrected chi connectivity index (χ0v) is 13.6. The van der Waals surface area contributed by atoms with Crippen molar-refractivity contribution in [3.8, 4) is 5.88 Å². The molecule has 0 radical (unpaired) electrons. The van der Waals surface area contributed by atoms with Gasteiger partial charge in [0.15, 0.2) is 0 Å². The Labute approximate surface area is 141 Å². The van der Waals surface area contributed by atoms with Crippen molar-refractivity contribution in [1.82, 2.24) is 14.7 Å². The number of amides is 1. The first-order valence-corrected chi connectivity index (χ1v) is 8.61. The highest BCUT2D eigenvalue weighted by molar-refractivity contribution is 5.96. The molecule has 3 heterocycles. The summed E-state index contributed by atoms with van der Waals surface area (Å²) in [4.78, 5) is 14.8. The molecular weight excluding hydrogens is 304 g/mol. The number of ether oxygens (including phenoxy) is 1. The van der Waals surface area contributed by atoms with Gasteiger partial charge in [-0.05, 0) is 25.0 Å². The number of benzene rings is 1. The number of aryl methyl sites for hydroxylation is 1. The molecule has 1 saturated heterocycles. The van der Waals surface area contributed by atoms with Crippen LogP contribution in [0.5, 0.6) is 5.88 Å².